The molecule has 2 heteroatoms. The molecular weight excluding hydrogens is 424 g/mol. The fraction of sp³-hybridized carbons (Fsp3) is 0.533. The molecule has 0 fully saturated rings. The topological polar surface area (TPSA) is 0 Å². The van der Waals surface area contributed by atoms with E-state index in [-0.39, 0.29) is 0 Å². The summed E-state index contributed by atoms with van der Waals surface area (Å²) in [7, 11) is 0. The van der Waals surface area contributed by atoms with Gasteiger partial charge in [0.2, 0.25) is 0 Å². The fourth-order valence-corrected chi connectivity index (χ4v) is 6.82. The van der Waals surface area contributed by atoms with E-state index in [0.29, 0.717) is 0 Å². The molecule has 174 valence electrons. The van der Waals surface area contributed by atoms with Crippen LogP contribution in [0.3, 0.4) is 0 Å². The third kappa shape index (κ3) is 6.35. The van der Waals surface area contributed by atoms with E-state index in [0.717, 1.165) is 11.8 Å². The van der Waals surface area contributed by atoms with Crippen molar-refractivity contribution in [2.45, 2.75) is 92.4 Å². The van der Waals surface area contributed by atoms with Gasteiger partial charge in [-0.2, -0.15) is 0 Å². The second-order valence-corrected chi connectivity index (χ2v) is 11.3. The van der Waals surface area contributed by atoms with Gasteiger partial charge in [-0.25, -0.2) is 0 Å². The molecule has 32 heavy (non-hydrogen) atoms. The molecule has 2 atom stereocenters. The highest BCUT2D eigenvalue weighted by Gasteiger charge is 2.18. The molecule has 0 aliphatic rings. The van der Waals surface area contributed by atoms with Gasteiger partial charge in [0.25, 0.3) is 0 Å². The lowest BCUT2D eigenvalue weighted by Gasteiger charge is -2.22. The summed E-state index contributed by atoms with van der Waals surface area (Å²) >= 11 is 3.73. The zero-order chi connectivity index (χ0) is 22.9. The van der Waals surface area contributed by atoms with Gasteiger partial charge in [0.05, 0.1) is 4.88 Å². The molecule has 2 aromatic heterocycles. The van der Waals surface area contributed by atoms with Crippen LogP contribution >= 0.6 is 22.7 Å². The van der Waals surface area contributed by atoms with Crippen LogP contribution in [-0.4, -0.2) is 0 Å². The number of rotatable bonds is 13. The standard InChI is InChI=1S/C30H42S2/c1-6-10-13-24(9-4)20-26-21-28(22(5)18-25(26)19-23(8-3)12-7-2)27-15-17-32-30(27)29-14-11-16-31-29/h11,14-18,21,23-24H,6-10,12-13,19-20H2,1-5H3. The molecule has 3 aromatic rings. The van der Waals surface area contributed by atoms with Crippen LogP contribution in [0.15, 0.2) is 41.1 Å². The molecule has 0 N–H and O–H groups in total. The van der Waals surface area contributed by atoms with E-state index in [4.69, 9.17) is 0 Å². The number of aryl methyl sites for hydroxylation is 1. The monoisotopic (exact) mass is 466 g/mol. The molecule has 0 bridgehead atoms. The Bertz CT molecular complexity index is 932. The van der Waals surface area contributed by atoms with Crippen LogP contribution in [-0.2, 0) is 12.8 Å². The van der Waals surface area contributed by atoms with Gasteiger partial charge in [0, 0.05) is 10.4 Å². The van der Waals surface area contributed by atoms with Crippen molar-refractivity contribution >= 4 is 22.7 Å². The second-order valence-electron chi connectivity index (χ2n) is 9.46. The van der Waals surface area contributed by atoms with Crippen LogP contribution in [0, 0.1) is 18.8 Å². The molecule has 0 nitrogen and oxygen atoms in total. The first-order valence-electron chi connectivity index (χ1n) is 12.8. The van der Waals surface area contributed by atoms with E-state index in [9.17, 15) is 0 Å². The Labute approximate surface area is 205 Å². The van der Waals surface area contributed by atoms with Gasteiger partial charge in [-0.1, -0.05) is 90.8 Å². The Morgan fingerprint density at radius 1 is 0.750 bits per heavy atom. The summed E-state index contributed by atoms with van der Waals surface area (Å²) in [5.74, 6) is 1.61. The minimum absolute atomic E-state index is 0.801. The average molecular weight is 467 g/mol. The van der Waals surface area contributed by atoms with Crippen LogP contribution in [0.5, 0.6) is 0 Å². The van der Waals surface area contributed by atoms with Gasteiger partial charge >= 0.3 is 0 Å². The van der Waals surface area contributed by atoms with Crippen molar-refractivity contribution in [2.24, 2.45) is 11.8 Å². The maximum atomic E-state index is 2.58. The summed E-state index contributed by atoms with van der Waals surface area (Å²) in [6.45, 7) is 11.7. The summed E-state index contributed by atoms with van der Waals surface area (Å²) in [5.41, 5.74) is 7.54. The van der Waals surface area contributed by atoms with E-state index in [1.54, 1.807) is 11.1 Å². The minimum atomic E-state index is 0.801. The summed E-state index contributed by atoms with van der Waals surface area (Å²) < 4.78 is 0. The van der Waals surface area contributed by atoms with E-state index in [2.05, 4.69) is 75.7 Å². The van der Waals surface area contributed by atoms with Crippen LogP contribution in [0.4, 0.5) is 0 Å². The van der Waals surface area contributed by atoms with Crippen molar-refractivity contribution in [1.29, 1.82) is 0 Å². The van der Waals surface area contributed by atoms with Crippen LogP contribution in [0.25, 0.3) is 20.9 Å². The van der Waals surface area contributed by atoms with Gasteiger partial charge in [0.15, 0.2) is 0 Å². The third-order valence-electron chi connectivity index (χ3n) is 7.08. The maximum absolute atomic E-state index is 2.58. The highest BCUT2D eigenvalue weighted by molar-refractivity contribution is 7.20. The molecule has 1 aromatic carbocycles. The number of unbranched alkanes of at least 4 members (excludes halogenated alkanes) is 1. The molecule has 0 saturated heterocycles. The second kappa shape index (κ2) is 12.8. The van der Waals surface area contributed by atoms with Crippen molar-refractivity contribution < 1.29 is 0 Å². The van der Waals surface area contributed by atoms with E-state index < -0.39 is 0 Å². The van der Waals surface area contributed by atoms with Gasteiger partial charge in [-0.15, -0.1) is 22.7 Å². The minimum Gasteiger partial charge on any atom is -0.143 e. The first-order valence-corrected chi connectivity index (χ1v) is 14.6. The highest BCUT2D eigenvalue weighted by Crippen LogP contribution is 2.41. The molecule has 0 aliphatic heterocycles. The van der Waals surface area contributed by atoms with Crippen molar-refractivity contribution in [3.63, 3.8) is 0 Å². The molecule has 0 radical (unpaired) electrons. The average Bonchev–Trinajstić information content (AvgIpc) is 3.49. The number of benzene rings is 1. The van der Waals surface area contributed by atoms with Crippen LogP contribution < -0.4 is 0 Å². The van der Waals surface area contributed by atoms with Crippen molar-refractivity contribution in [1.82, 2.24) is 0 Å². The molecule has 2 heterocycles. The first-order chi connectivity index (χ1) is 15.6. The molecule has 0 saturated carbocycles. The lowest BCUT2D eigenvalue weighted by Crippen LogP contribution is -2.10. The summed E-state index contributed by atoms with van der Waals surface area (Å²) in [4.78, 5) is 2.82. The predicted molar refractivity (Wildman–Crippen MR) is 147 cm³/mol. The molecular formula is C30H42S2. The first kappa shape index (κ1) is 25.2. The largest absolute Gasteiger partial charge is 0.143 e. The predicted octanol–water partition coefficient (Wildman–Crippen LogP) is 10.6. The smallest absolute Gasteiger partial charge is 0.0521 e. The van der Waals surface area contributed by atoms with Gasteiger partial charge in [-0.3, -0.25) is 0 Å². The van der Waals surface area contributed by atoms with Gasteiger partial charge in [0.1, 0.15) is 0 Å². The fourth-order valence-electron chi connectivity index (χ4n) is 5.03. The van der Waals surface area contributed by atoms with Crippen LogP contribution in [0.2, 0.25) is 0 Å². The normalized spacial score (nSPS) is 13.4. The number of hydrogen-bond acceptors (Lipinski definition) is 2. The summed E-state index contributed by atoms with van der Waals surface area (Å²) in [6, 6.07) is 11.9. The Morgan fingerprint density at radius 3 is 2.09 bits per heavy atom. The molecule has 3 rings (SSSR count). The third-order valence-corrected chi connectivity index (χ3v) is 9.05. The molecule has 0 aliphatic carbocycles. The Balaban J connectivity index is 2.02. The van der Waals surface area contributed by atoms with E-state index in [1.807, 2.05) is 22.7 Å². The Morgan fingerprint density at radius 2 is 1.47 bits per heavy atom. The lowest BCUT2D eigenvalue weighted by molar-refractivity contribution is 0.439. The van der Waals surface area contributed by atoms with Crippen molar-refractivity contribution in [3.05, 3.63) is 57.8 Å². The van der Waals surface area contributed by atoms with Crippen molar-refractivity contribution in [3.8, 4) is 20.9 Å². The SMILES string of the molecule is CCCCC(CC)Cc1cc(-c2ccsc2-c2cccs2)c(C)cc1CC(CC)CCC. The van der Waals surface area contributed by atoms with Gasteiger partial charge < -0.3 is 0 Å². The maximum Gasteiger partial charge on any atom is 0.0521 e. The lowest BCUT2D eigenvalue weighted by atomic mass is 9.83. The molecule has 0 amide bonds. The number of hydrogen-bond donors (Lipinski definition) is 0. The van der Waals surface area contributed by atoms with Crippen molar-refractivity contribution in [2.75, 3.05) is 0 Å². The summed E-state index contributed by atoms with van der Waals surface area (Å²) in [6.07, 6.45) is 11.7. The quantitative estimate of drug-likeness (QED) is 0.235. The van der Waals surface area contributed by atoms with E-state index >= 15 is 0 Å². The molecule has 2 unspecified atom stereocenters. The zero-order valence-electron chi connectivity index (χ0n) is 20.9. The zero-order valence-corrected chi connectivity index (χ0v) is 22.5. The Kier molecular flexibility index (Phi) is 10.1. The van der Waals surface area contributed by atoms with Crippen LogP contribution in [0.1, 0.15) is 89.3 Å². The van der Waals surface area contributed by atoms with E-state index in [1.165, 1.54) is 84.2 Å². The summed E-state index contributed by atoms with van der Waals surface area (Å²) in [5, 5.41) is 4.46. The molecule has 0 spiro atoms. The van der Waals surface area contributed by atoms with Gasteiger partial charge in [-0.05, 0) is 76.7 Å². The Hall–Kier alpha value is -1.38. The number of thiophene rings is 2. The highest BCUT2D eigenvalue weighted by atomic mass is 32.1.